The highest BCUT2D eigenvalue weighted by molar-refractivity contribution is 5.80. The molecule has 88 valence electrons. The van der Waals surface area contributed by atoms with Crippen LogP contribution in [0.25, 0.3) is 0 Å². The SMILES string of the molecule is COc1ccc(C(C)(F)C(=O)O)c(OC)c1. The number of halogens is 1. The van der Waals surface area contributed by atoms with Gasteiger partial charge in [-0.2, -0.15) is 0 Å². The molecular weight excluding hydrogens is 215 g/mol. The topological polar surface area (TPSA) is 55.8 Å². The zero-order valence-electron chi connectivity index (χ0n) is 9.28. The maximum atomic E-state index is 13.9. The minimum absolute atomic E-state index is 0.0386. The van der Waals surface area contributed by atoms with Crippen LogP contribution < -0.4 is 9.47 Å². The molecule has 0 aromatic heterocycles. The molecule has 0 amide bonds. The summed E-state index contributed by atoms with van der Waals surface area (Å²) >= 11 is 0. The second kappa shape index (κ2) is 4.38. The first-order chi connectivity index (χ1) is 7.43. The molecule has 0 radical (unpaired) electrons. The highest BCUT2D eigenvalue weighted by Gasteiger charge is 2.37. The number of carboxylic acid groups (broad SMARTS) is 1. The molecule has 1 aromatic rings. The summed E-state index contributed by atoms with van der Waals surface area (Å²) in [6, 6.07) is 4.26. The van der Waals surface area contributed by atoms with Gasteiger partial charge in [0.05, 0.1) is 14.2 Å². The molecule has 0 bridgehead atoms. The normalized spacial score (nSPS) is 14.0. The summed E-state index contributed by atoms with van der Waals surface area (Å²) in [6.45, 7) is 0.972. The Morgan fingerprint density at radius 3 is 2.44 bits per heavy atom. The summed E-state index contributed by atoms with van der Waals surface area (Å²) < 4.78 is 23.8. The number of aliphatic carboxylic acids is 1. The van der Waals surface area contributed by atoms with Gasteiger partial charge in [-0.05, 0) is 19.1 Å². The molecule has 0 aliphatic rings. The summed E-state index contributed by atoms with van der Waals surface area (Å²) in [6.07, 6.45) is 0. The molecule has 5 heteroatoms. The molecule has 1 N–H and O–H groups in total. The number of methoxy groups -OCH3 is 2. The van der Waals surface area contributed by atoms with E-state index in [0.717, 1.165) is 6.92 Å². The molecule has 0 spiro atoms. The van der Waals surface area contributed by atoms with E-state index in [9.17, 15) is 9.18 Å². The van der Waals surface area contributed by atoms with Gasteiger partial charge in [0, 0.05) is 11.6 Å². The largest absolute Gasteiger partial charge is 0.497 e. The zero-order chi connectivity index (χ0) is 12.3. The lowest BCUT2D eigenvalue weighted by atomic mass is 9.97. The number of benzene rings is 1. The van der Waals surface area contributed by atoms with Crippen LogP contribution >= 0.6 is 0 Å². The van der Waals surface area contributed by atoms with Crippen molar-refractivity contribution in [2.45, 2.75) is 12.6 Å². The Balaban J connectivity index is 3.28. The van der Waals surface area contributed by atoms with Crippen molar-refractivity contribution in [1.29, 1.82) is 0 Å². The van der Waals surface area contributed by atoms with Crippen molar-refractivity contribution in [3.8, 4) is 11.5 Å². The van der Waals surface area contributed by atoms with Crippen LogP contribution in [0.2, 0.25) is 0 Å². The fourth-order valence-electron chi connectivity index (χ4n) is 1.30. The maximum Gasteiger partial charge on any atom is 0.346 e. The molecule has 0 saturated carbocycles. The van der Waals surface area contributed by atoms with Crippen LogP contribution in [0.3, 0.4) is 0 Å². The van der Waals surface area contributed by atoms with E-state index in [1.54, 1.807) is 0 Å². The fourth-order valence-corrected chi connectivity index (χ4v) is 1.30. The second-order valence-electron chi connectivity index (χ2n) is 3.37. The Bertz CT molecular complexity index is 401. The Hall–Kier alpha value is -1.78. The fraction of sp³-hybridized carbons (Fsp3) is 0.364. The van der Waals surface area contributed by atoms with E-state index in [4.69, 9.17) is 14.6 Å². The first-order valence-corrected chi connectivity index (χ1v) is 4.58. The summed E-state index contributed by atoms with van der Waals surface area (Å²) in [5.74, 6) is -0.940. The molecule has 16 heavy (non-hydrogen) atoms. The molecule has 0 fully saturated rings. The number of carboxylic acids is 1. The number of hydrogen-bond donors (Lipinski definition) is 1. The smallest absolute Gasteiger partial charge is 0.346 e. The van der Waals surface area contributed by atoms with Crippen molar-refractivity contribution in [1.82, 2.24) is 0 Å². The summed E-state index contributed by atoms with van der Waals surface area (Å²) in [7, 11) is 2.80. The van der Waals surface area contributed by atoms with Gasteiger partial charge in [-0.15, -0.1) is 0 Å². The van der Waals surface area contributed by atoms with Crippen molar-refractivity contribution in [3.05, 3.63) is 23.8 Å². The van der Waals surface area contributed by atoms with Crippen LogP contribution in [0.1, 0.15) is 12.5 Å². The quantitative estimate of drug-likeness (QED) is 0.856. The molecule has 1 atom stereocenters. The predicted molar refractivity (Wildman–Crippen MR) is 55.6 cm³/mol. The molecule has 1 aromatic carbocycles. The van der Waals surface area contributed by atoms with E-state index in [2.05, 4.69) is 0 Å². The predicted octanol–water partition coefficient (Wildman–Crippen LogP) is 1.97. The summed E-state index contributed by atoms with van der Waals surface area (Å²) in [5.41, 5.74) is -2.53. The molecule has 0 saturated heterocycles. The van der Waals surface area contributed by atoms with Gasteiger partial charge in [0.15, 0.2) is 0 Å². The van der Waals surface area contributed by atoms with Crippen LogP contribution in [0.4, 0.5) is 4.39 Å². The minimum atomic E-state index is -2.49. The molecule has 1 rings (SSSR count). The number of ether oxygens (including phenoxy) is 2. The Kier molecular flexibility index (Phi) is 3.37. The van der Waals surface area contributed by atoms with Crippen molar-refractivity contribution in [2.75, 3.05) is 14.2 Å². The molecular formula is C11H13FO4. The molecule has 0 aliphatic heterocycles. The summed E-state index contributed by atoms with van der Waals surface area (Å²) in [5, 5.41) is 8.78. The highest BCUT2D eigenvalue weighted by atomic mass is 19.1. The van der Waals surface area contributed by atoms with Crippen LogP contribution in [-0.2, 0) is 10.5 Å². The third kappa shape index (κ3) is 2.08. The van der Waals surface area contributed by atoms with E-state index in [1.165, 1.54) is 32.4 Å². The van der Waals surface area contributed by atoms with Gasteiger partial charge in [0.1, 0.15) is 11.5 Å². The van der Waals surface area contributed by atoms with Crippen LogP contribution in [0.15, 0.2) is 18.2 Å². The zero-order valence-corrected chi connectivity index (χ0v) is 9.28. The highest BCUT2D eigenvalue weighted by Crippen LogP contribution is 2.35. The molecule has 0 heterocycles. The number of rotatable bonds is 4. The number of hydrogen-bond acceptors (Lipinski definition) is 3. The average molecular weight is 228 g/mol. The van der Waals surface area contributed by atoms with Crippen LogP contribution in [0, 0.1) is 0 Å². The summed E-state index contributed by atoms with van der Waals surface area (Å²) in [4.78, 5) is 10.8. The van der Waals surface area contributed by atoms with Gasteiger partial charge >= 0.3 is 5.97 Å². The molecule has 0 aliphatic carbocycles. The van der Waals surface area contributed by atoms with Gasteiger partial charge in [-0.3, -0.25) is 0 Å². The Labute approximate surface area is 92.6 Å². The van der Waals surface area contributed by atoms with E-state index >= 15 is 0 Å². The first kappa shape index (κ1) is 12.3. The Morgan fingerprint density at radius 1 is 1.38 bits per heavy atom. The molecule has 1 unspecified atom stereocenters. The van der Waals surface area contributed by atoms with Crippen molar-refractivity contribution in [2.24, 2.45) is 0 Å². The maximum absolute atomic E-state index is 13.9. The third-order valence-corrected chi connectivity index (χ3v) is 2.32. The second-order valence-corrected chi connectivity index (χ2v) is 3.37. The van der Waals surface area contributed by atoms with E-state index in [1.807, 2.05) is 0 Å². The van der Waals surface area contributed by atoms with Gasteiger partial charge in [-0.25, -0.2) is 9.18 Å². The van der Waals surface area contributed by atoms with Gasteiger partial charge in [0.25, 0.3) is 0 Å². The number of alkyl halides is 1. The van der Waals surface area contributed by atoms with Gasteiger partial charge in [0.2, 0.25) is 5.67 Å². The van der Waals surface area contributed by atoms with Gasteiger partial charge < -0.3 is 14.6 Å². The van der Waals surface area contributed by atoms with Crippen molar-refractivity contribution < 1.29 is 23.8 Å². The van der Waals surface area contributed by atoms with Crippen LogP contribution in [-0.4, -0.2) is 25.3 Å². The third-order valence-electron chi connectivity index (χ3n) is 2.32. The first-order valence-electron chi connectivity index (χ1n) is 4.58. The average Bonchev–Trinajstić information content (AvgIpc) is 2.27. The molecule has 4 nitrogen and oxygen atoms in total. The Morgan fingerprint density at radius 2 is 2.00 bits per heavy atom. The monoisotopic (exact) mass is 228 g/mol. The lowest BCUT2D eigenvalue weighted by Crippen LogP contribution is -2.27. The van der Waals surface area contributed by atoms with Crippen molar-refractivity contribution in [3.63, 3.8) is 0 Å². The standard InChI is InChI=1S/C11H13FO4/c1-11(12,10(13)14)8-5-4-7(15-2)6-9(8)16-3/h4-6H,1-3H3,(H,13,14). The lowest BCUT2D eigenvalue weighted by molar-refractivity contribution is -0.150. The van der Waals surface area contributed by atoms with E-state index < -0.39 is 11.6 Å². The van der Waals surface area contributed by atoms with Gasteiger partial charge in [-0.1, -0.05) is 0 Å². The van der Waals surface area contributed by atoms with E-state index in [0.29, 0.717) is 5.75 Å². The van der Waals surface area contributed by atoms with E-state index in [-0.39, 0.29) is 11.3 Å². The minimum Gasteiger partial charge on any atom is -0.497 e. The van der Waals surface area contributed by atoms with Crippen LogP contribution in [0.5, 0.6) is 11.5 Å². The number of carbonyl (C=O) groups is 1. The lowest BCUT2D eigenvalue weighted by Gasteiger charge is -2.19. The van der Waals surface area contributed by atoms with Crippen molar-refractivity contribution >= 4 is 5.97 Å².